The van der Waals surface area contributed by atoms with Gasteiger partial charge in [0.2, 0.25) is 5.79 Å². The molecule has 79 heavy (non-hydrogen) atoms. The van der Waals surface area contributed by atoms with Gasteiger partial charge in [-0.1, -0.05) is 55.4 Å². The predicted octanol–water partition coefficient (Wildman–Crippen LogP) is -0.943. The largest absolute Gasteiger partial charge is 0.479 e. The van der Waals surface area contributed by atoms with Gasteiger partial charge in [0.1, 0.15) is 56.1 Å². The maximum Gasteiger partial charge on any atom is 0.397 e. The molecule has 0 radical (unpaired) electrons. The van der Waals surface area contributed by atoms with Crippen LogP contribution in [-0.4, -0.2) is 218 Å². The maximum absolute atomic E-state index is 13.0. The molecule has 7 aliphatic heterocycles. The summed E-state index contributed by atoms with van der Waals surface area (Å²) in [5.74, 6) is -9.36. The number of aliphatic carboxylic acids is 1. The number of carboxylic acid groups (broad SMARTS) is 1. The number of rotatable bonds is 24. The number of aliphatic hydroxyl groups excluding tert-OH is 1. The van der Waals surface area contributed by atoms with Crippen molar-refractivity contribution in [1.82, 2.24) is 0 Å². The zero-order chi connectivity index (χ0) is 59.3. The van der Waals surface area contributed by atoms with Crippen LogP contribution in [0.25, 0.3) is 0 Å². The third kappa shape index (κ3) is 16.4. The van der Waals surface area contributed by atoms with Gasteiger partial charge in [-0.05, 0) is 31.1 Å². The van der Waals surface area contributed by atoms with Crippen LogP contribution in [0.1, 0.15) is 68.7 Å². The smallest absolute Gasteiger partial charge is 0.397 e. The summed E-state index contributed by atoms with van der Waals surface area (Å²) in [6.45, 7) is 10.3. The van der Waals surface area contributed by atoms with Crippen LogP contribution >= 0.6 is 0 Å². The van der Waals surface area contributed by atoms with E-state index in [0.717, 1.165) is 0 Å². The first kappa shape index (κ1) is 66.5. The van der Waals surface area contributed by atoms with Crippen LogP contribution in [0, 0.1) is 41.4 Å². The van der Waals surface area contributed by atoms with Gasteiger partial charge in [0.05, 0.1) is 37.6 Å². The Balaban J connectivity index is 1.33. The molecule has 0 aromatic rings. The summed E-state index contributed by atoms with van der Waals surface area (Å²) in [4.78, 5) is 13.0. The molecule has 0 aromatic heterocycles. The molecule has 0 amide bonds. The first-order valence-corrected chi connectivity index (χ1v) is 31.3. The van der Waals surface area contributed by atoms with Crippen molar-refractivity contribution in [2.24, 2.45) is 41.4 Å². The van der Waals surface area contributed by atoms with Gasteiger partial charge >= 0.3 is 58.0 Å². The molecular weight excluding hydrogens is 1180 g/mol. The molecule has 7 N–H and O–H groups in total. The summed E-state index contributed by atoms with van der Waals surface area (Å²) in [7, 11) is -27.1. The lowest BCUT2D eigenvalue weighted by Crippen LogP contribution is -2.73. The van der Waals surface area contributed by atoms with E-state index >= 15 is 0 Å². The Morgan fingerprint density at radius 2 is 1.01 bits per heavy atom. The van der Waals surface area contributed by atoms with Crippen molar-refractivity contribution in [2.75, 3.05) is 26.6 Å². The fourth-order valence-electron chi connectivity index (χ4n) is 10.8. The van der Waals surface area contributed by atoms with Gasteiger partial charge in [-0.25, -0.2) is 25.7 Å². The van der Waals surface area contributed by atoms with Gasteiger partial charge in [-0.15, -0.1) is 0 Å². The lowest BCUT2D eigenvalue weighted by molar-refractivity contribution is -0.479. The van der Waals surface area contributed by atoms with Crippen LogP contribution in [0.4, 0.5) is 0 Å². The molecule has 11 unspecified atom stereocenters. The third-order valence-electron chi connectivity index (χ3n) is 15.2. The van der Waals surface area contributed by atoms with E-state index in [1.807, 2.05) is 0 Å². The molecule has 7 fully saturated rings. The van der Waals surface area contributed by atoms with E-state index in [1.165, 1.54) is 27.7 Å². The molecule has 462 valence electrons. The van der Waals surface area contributed by atoms with E-state index in [0.29, 0.717) is 0 Å². The number of hydrogen-bond donors (Lipinski definition) is 7. The van der Waals surface area contributed by atoms with Crippen LogP contribution in [0.5, 0.6) is 0 Å². The van der Waals surface area contributed by atoms with E-state index in [4.69, 9.17) is 64.7 Å². The number of carboxylic acids is 1. The van der Waals surface area contributed by atoms with Crippen molar-refractivity contribution >= 4 is 58.0 Å². The second kappa shape index (κ2) is 25.5. The number of ether oxygens (including phenoxy) is 11. The van der Waals surface area contributed by atoms with Gasteiger partial charge in [-0.2, -0.15) is 42.1 Å². The Morgan fingerprint density at radius 3 is 1.56 bits per heavy atom. The van der Waals surface area contributed by atoms with Crippen LogP contribution in [0.2, 0.25) is 0 Å². The third-order valence-corrected chi connectivity index (χ3v) is 17.5. The molecule has 7 rings (SSSR count). The van der Waals surface area contributed by atoms with Crippen LogP contribution in [0.3, 0.4) is 0 Å². The molecule has 7 heterocycles. The predicted molar refractivity (Wildman–Crippen MR) is 252 cm³/mol. The van der Waals surface area contributed by atoms with Gasteiger partial charge in [0, 0.05) is 23.7 Å². The van der Waals surface area contributed by atoms with E-state index < -0.39 is 224 Å². The van der Waals surface area contributed by atoms with Crippen molar-refractivity contribution in [2.45, 2.75) is 179 Å². The van der Waals surface area contributed by atoms with Crippen molar-refractivity contribution in [3.05, 3.63) is 0 Å². The molecule has 25 atom stereocenters. The highest BCUT2D eigenvalue weighted by Crippen LogP contribution is 2.48. The maximum atomic E-state index is 13.0. The average Bonchev–Trinajstić information content (AvgIpc) is 3.48. The molecule has 0 aliphatic carbocycles. The highest BCUT2D eigenvalue weighted by molar-refractivity contribution is 7.81. The summed E-state index contributed by atoms with van der Waals surface area (Å²) >= 11 is 0. The Morgan fingerprint density at radius 1 is 0.506 bits per heavy atom. The normalized spacial score (nSPS) is 43.6. The quantitative estimate of drug-likeness (QED) is 0.0453. The van der Waals surface area contributed by atoms with Crippen molar-refractivity contribution in [1.29, 1.82) is 0 Å². The summed E-state index contributed by atoms with van der Waals surface area (Å²) in [5, 5.41) is 20.8. The zero-order valence-corrected chi connectivity index (χ0v) is 47.7. The lowest BCUT2D eigenvalue weighted by Gasteiger charge is -2.58. The Bertz CT molecular complexity index is 2660. The standard InChI is InChI=1S/C40H68O34S5/c1-10-23-27(20(7)26(22(9)63-23)72-77(50,51)52)66-39-29-21(8)34(40(71-39,13-59-29)60-14-41)70-38-33(74-79(56,57)58)31(73-78(53,54)55)30(25(65-38)12-62-76(47,48)49)68-37-19(6)17(4)28(32(69-37)35(42)43)67-36-18(5)15(2)16(3)24(64-36)11-61-75(44,45)46/h15-34,36-39,41H,10-14H2,1-9H3,(H,42,43)(H,44,45,46)(H,47,48,49)(H,50,51,52)(H,53,54,55)(H,56,57,58)/t15?,16-,17?,18?,19?,20?,21-,22+,23-,24-,25?,26?,27-,28-,29+,30?,31-,32+,33?,34?,36+,37+,38-,39+,40?/m0/s1. The van der Waals surface area contributed by atoms with E-state index in [2.05, 4.69) is 8.37 Å². The number of aliphatic hydroxyl groups is 1. The fraction of sp³-hybridized carbons (Fsp3) is 0.975. The van der Waals surface area contributed by atoms with Gasteiger partial charge in [0.25, 0.3) is 0 Å². The molecule has 0 saturated carbocycles. The monoisotopic (exact) mass is 1250 g/mol. The van der Waals surface area contributed by atoms with Crippen molar-refractivity contribution in [3.63, 3.8) is 0 Å². The number of hydrogen-bond acceptors (Lipinski definition) is 28. The SMILES string of the molecule is CC[C@@H]1O[C@H](C)C(OS(=O)(=O)O)C(C)[C@@H]1O[C@@H]1OC2(OCO)CO[C@@H]1[C@H](C)C2O[C@@H]1OC(COS(=O)(=O)O)C(O[C@@H]2O[C@@H](C(=O)O)[C@@H](O[C@H]3O[C@@H](COS(=O)(=O)O)[C@@H](C)C(C)C3C)C(C)C2C)[C@H](OS(=O)(=O)O)C1OS(=O)(=O)O. The fourth-order valence-corrected chi connectivity index (χ4v) is 13.0. The first-order valence-electron chi connectivity index (χ1n) is 24.5. The Labute approximate surface area is 456 Å². The molecular formula is C40H68O34S5. The molecule has 39 heteroatoms. The summed E-state index contributed by atoms with van der Waals surface area (Å²) < 4.78 is 261. The van der Waals surface area contributed by atoms with Crippen LogP contribution in [-0.2, 0) is 130 Å². The molecule has 0 spiro atoms. The molecule has 34 nitrogen and oxygen atoms in total. The highest BCUT2D eigenvalue weighted by Gasteiger charge is 2.65. The summed E-state index contributed by atoms with van der Waals surface area (Å²) in [6, 6.07) is 0. The zero-order valence-electron chi connectivity index (χ0n) is 43.6. The molecule has 2 bridgehead atoms. The minimum absolute atomic E-state index is 0.278. The minimum atomic E-state index is -5.87. The Hall–Kier alpha value is -1.66. The minimum Gasteiger partial charge on any atom is -0.479 e. The lowest BCUT2D eigenvalue weighted by atomic mass is 9.78. The second-order valence-electron chi connectivity index (χ2n) is 20.2. The van der Waals surface area contributed by atoms with Gasteiger partial charge in [0.15, 0.2) is 37.4 Å². The van der Waals surface area contributed by atoms with Crippen molar-refractivity contribution in [3.8, 4) is 0 Å². The highest BCUT2D eigenvalue weighted by atomic mass is 32.3. The number of fused-ring (bicyclic) bond motifs is 3. The molecule has 0 aromatic carbocycles. The first-order chi connectivity index (χ1) is 36.3. The molecule has 7 saturated heterocycles. The van der Waals surface area contributed by atoms with Crippen LogP contribution in [0.15, 0.2) is 0 Å². The van der Waals surface area contributed by atoms with Crippen molar-refractivity contribution < 1.29 is 153 Å². The van der Waals surface area contributed by atoms with E-state index in [-0.39, 0.29) is 18.3 Å². The number of carbonyl (C=O) groups is 1. The summed E-state index contributed by atoms with van der Waals surface area (Å²) in [6.07, 6.45) is -28.5. The van der Waals surface area contributed by atoms with Crippen LogP contribution < -0.4 is 0 Å². The van der Waals surface area contributed by atoms with Gasteiger partial charge in [-0.3, -0.25) is 22.8 Å². The molecule has 7 aliphatic rings. The van der Waals surface area contributed by atoms with Gasteiger partial charge < -0.3 is 62.3 Å². The Kier molecular flexibility index (Phi) is 21.5. The summed E-state index contributed by atoms with van der Waals surface area (Å²) in [5.41, 5.74) is 0. The van der Waals surface area contributed by atoms with E-state index in [1.54, 1.807) is 34.6 Å². The average molecular weight is 1250 g/mol. The second-order valence-corrected chi connectivity index (χ2v) is 25.6. The van der Waals surface area contributed by atoms with E-state index in [9.17, 15) is 79.9 Å². The topological polar surface area (TPSA) is 477 Å².